The molecule has 1 aliphatic carbocycles. The fourth-order valence-electron chi connectivity index (χ4n) is 3.79. The van der Waals surface area contributed by atoms with Crippen molar-refractivity contribution in [3.63, 3.8) is 0 Å². The summed E-state index contributed by atoms with van der Waals surface area (Å²) in [6.07, 6.45) is 3.48. The molecule has 2 fully saturated rings. The lowest BCUT2D eigenvalue weighted by Gasteiger charge is -2.21. The monoisotopic (exact) mass is 405 g/mol. The third kappa shape index (κ3) is 4.85. The van der Waals surface area contributed by atoms with E-state index in [1.54, 1.807) is 0 Å². The lowest BCUT2D eigenvalue weighted by atomic mass is 10.1. The molecule has 1 unspecified atom stereocenters. The SMILES string of the molecule is CC(=O)N[C@@H](C)c1ccc(OC2CCN(c3ccc(OC4CC4)cc3C#N)C2)cc1. The van der Waals surface area contributed by atoms with Gasteiger partial charge in [-0.1, -0.05) is 12.1 Å². The smallest absolute Gasteiger partial charge is 0.217 e. The van der Waals surface area contributed by atoms with Gasteiger partial charge < -0.3 is 19.7 Å². The first-order valence-corrected chi connectivity index (χ1v) is 10.5. The van der Waals surface area contributed by atoms with Crippen LogP contribution in [0, 0.1) is 11.3 Å². The molecule has 2 aromatic rings. The van der Waals surface area contributed by atoms with E-state index in [2.05, 4.69) is 16.3 Å². The minimum atomic E-state index is -0.0438. The van der Waals surface area contributed by atoms with Crippen molar-refractivity contribution in [1.82, 2.24) is 5.32 Å². The highest BCUT2D eigenvalue weighted by atomic mass is 16.5. The lowest BCUT2D eigenvalue weighted by molar-refractivity contribution is -0.119. The Balaban J connectivity index is 1.36. The number of rotatable bonds is 7. The molecular weight excluding hydrogens is 378 g/mol. The molecule has 0 spiro atoms. The first-order chi connectivity index (χ1) is 14.5. The van der Waals surface area contributed by atoms with E-state index < -0.39 is 0 Å². The van der Waals surface area contributed by atoms with Crippen molar-refractivity contribution >= 4 is 11.6 Å². The van der Waals surface area contributed by atoms with Crippen LogP contribution < -0.4 is 19.7 Å². The highest BCUT2D eigenvalue weighted by molar-refractivity contribution is 5.73. The summed E-state index contributed by atoms with van der Waals surface area (Å²) in [5.74, 6) is 1.55. The zero-order valence-electron chi connectivity index (χ0n) is 17.4. The third-order valence-electron chi connectivity index (χ3n) is 5.50. The average Bonchev–Trinajstić information content (AvgIpc) is 3.43. The first-order valence-electron chi connectivity index (χ1n) is 10.5. The molecule has 1 N–H and O–H groups in total. The van der Waals surface area contributed by atoms with Gasteiger partial charge in [-0.2, -0.15) is 5.26 Å². The van der Waals surface area contributed by atoms with Gasteiger partial charge in [-0.3, -0.25) is 4.79 Å². The molecule has 6 heteroatoms. The van der Waals surface area contributed by atoms with Crippen molar-refractivity contribution in [1.29, 1.82) is 5.26 Å². The quantitative estimate of drug-likeness (QED) is 0.755. The van der Waals surface area contributed by atoms with Gasteiger partial charge in [-0.05, 0) is 49.6 Å². The lowest BCUT2D eigenvalue weighted by Crippen LogP contribution is -2.25. The molecule has 4 rings (SSSR count). The maximum Gasteiger partial charge on any atom is 0.217 e. The predicted octanol–water partition coefficient (Wildman–Crippen LogP) is 3.95. The number of amides is 1. The molecule has 0 bridgehead atoms. The molecule has 2 aliphatic rings. The highest BCUT2D eigenvalue weighted by Crippen LogP contribution is 2.32. The molecule has 30 heavy (non-hydrogen) atoms. The molecule has 1 heterocycles. The molecular formula is C24H27N3O3. The Morgan fingerprint density at radius 3 is 2.47 bits per heavy atom. The maximum absolute atomic E-state index is 11.2. The van der Waals surface area contributed by atoms with Crippen molar-refractivity contribution in [2.75, 3.05) is 18.0 Å². The van der Waals surface area contributed by atoms with Gasteiger partial charge in [0.1, 0.15) is 23.7 Å². The normalized spacial score (nSPS) is 19.1. The summed E-state index contributed by atoms with van der Waals surface area (Å²) in [7, 11) is 0. The fourth-order valence-corrected chi connectivity index (χ4v) is 3.79. The molecule has 0 aromatic heterocycles. The number of hydrogen-bond donors (Lipinski definition) is 1. The van der Waals surface area contributed by atoms with Gasteiger partial charge in [0, 0.05) is 26.0 Å². The highest BCUT2D eigenvalue weighted by Gasteiger charge is 2.27. The van der Waals surface area contributed by atoms with Crippen molar-refractivity contribution in [2.45, 2.75) is 51.4 Å². The molecule has 1 saturated carbocycles. The van der Waals surface area contributed by atoms with Gasteiger partial charge >= 0.3 is 0 Å². The zero-order valence-corrected chi connectivity index (χ0v) is 17.4. The molecule has 1 aliphatic heterocycles. The van der Waals surface area contributed by atoms with Gasteiger partial charge in [-0.15, -0.1) is 0 Å². The Morgan fingerprint density at radius 2 is 1.80 bits per heavy atom. The van der Waals surface area contributed by atoms with E-state index in [1.807, 2.05) is 49.4 Å². The fraction of sp³-hybridized carbons (Fsp3) is 0.417. The van der Waals surface area contributed by atoms with Crippen LogP contribution in [0.1, 0.15) is 50.3 Å². The molecule has 0 radical (unpaired) electrons. The van der Waals surface area contributed by atoms with Crippen LogP contribution in [0.5, 0.6) is 11.5 Å². The Morgan fingerprint density at radius 1 is 1.10 bits per heavy atom. The zero-order chi connectivity index (χ0) is 21.1. The Bertz CT molecular complexity index is 947. The van der Waals surface area contributed by atoms with Gasteiger partial charge in [0.15, 0.2) is 0 Å². The van der Waals surface area contributed by atoms with E-state index in [-0.39, 0.29) is 18.1 Å². The van der Waals surface area contributed by atoms with Crippen LogP contribution in [-0.2, 0) is 4.79 Å². The number of nitrogens with zero attached hydrogens (tertiary/aromatic N) is 2. The first kappa shape index (κ1) is 20.1. The summed E-state index contributed by atoms with van der Waals surface area (Å²) in [6.45, 7) is 5.06. The molecule has 1 saturated heterocycles. The standard InChI is InChI=1S/C24H27N3O3/c1-16(26-17(2)28)18-3-5-20(6-4-18)30-23-11-12-27(15-23)24-10-9-22(13-19(24)14-25)29-21-7-8-21/h3-6,9-10,13,16,21,23H,7-8,11-12,15H2,1-2H3,(H,26,28)/t16-,23?/m0/s1. The Hall–Kier alpha value is -3.20. The number of carbonyl (C=O) groups is 1. The van der Waals surface area contributed by atoms with Crippen LogP contribution >= 0.6 is 0 Å². The van der Waals surface area contributed by atoms with Crippen molar-refractivity contribution in [3.05, 3.63) is 53.6 Å². The molecule has 6 nitrogen and oxygen atoms in total. The molecule has 1 amide bonds. The number of carbonyl (C=O) groups excluding carboxylic acids is 1. The van der Waals surface area contributed by atoms with E-state index in [9.17, 15) is 10.1 Å². The van der Waals surface area contributed by atoms with E-state index in [4.69, 9.17) is 9.47 Å². The van der Waals surface area contributed by atoms with Crippen LogP contribution in [0.25, 0.3) is 0 Å². The second-order valence-electron chi connectivity index (χ2n) is 8.07. The number of ether oxygens (including phenoxy) is 2. The number of anilines is 1. The van der Waals surface area contributed by atoms with Crippen LogP contribution in [0.15, 0.2) is 42.5 Å². The van der Waals surface area contributed by atoms with Crippen molar-refractivity contribution in [2.24, 2.45) is 0 Å². The molecule has 156 valence electrons. The summed E-state index contributed by atoms with van der Waals surface area (Å²) in [5, 5.41) is 12.5. The van der Waals surface area contributed by atoms with E-state index in [1.165, 1.54) is 6.92 Å². The third-order valence-corrected chi connectivity index (χ3v) is 5.50. The summed E-state index contributed by atoms with van der Waals surface area (Å²) < 4.78 is 12.0. The summed E-state index contributed by atoms with van der Waals surface area (Å²) in [5.41, 5.74) is 2.62. The number of benzene rings is 2. The second kappa shape index (κ2) is 8.66. The minimum Gasteiger partial charge on any atom is -0.490 e. The van der Waals surface area contributed by atoms with Gasteiger partial charge in [0.2, 0.25) is 5.91 Å². The van der Waals surface area contributed by atoms with Gasteiger partial charge in [0.25, 0.3) is 0 Å². The van der Waals surface area contributed by atoms with Crippen molar-refractivity contribution in [3.8, 4) is 17.6 Å². The predicted molar refractivity (Wildman–Crippen MR) is 115 cm³/mol. The van der Waals surface area contributed by atoms with E-state index >= 15 is 0 Å². The maximum atomic E-state index is 11.2. The van der Waals surface area contributed by atoms with Crippen LogP contribution in [0.2, 0.25) is 0 Å². The molecule has 2 aromatic carbocycles. The van der Waals surface area contributed by atoms with Crippen LogP contribution in [-0.4, -0.2) is 31.2 Å². The van der Waals surface area contributed by atoms with Crippen LogP contribution in [0.3, 0.4) is 0 Å². The Kier molecular flexibility index (Phi) is 5.80. The average molecular weight is 405 g/mol. The molecule has 2 atom stereocenters. The number of nitrogens with one attached hydrogen (secondary N) is 1. The number of hydrogen-bond acceptors (Lipinski definition) is 5. The van der Waals surface area contributed by atoms with E-state index in [0.717, 1.165) is 55.1 Å². The van der Waals surface area contributed by atoms with E-state index in [0.29, 0.717) is 11.7 Å². The van der Waals surface area contributed by atoms with Crippen molar-refractivity contribution < 1.29 is 14.3 Å². The topological polar surface area (TPSA) is 74.6 Å². The number of nitriles is 1. The Labute approximate surface area is 177 Å². The largest absolute Gasteiger partial charge is 0.490 e. The summed E-state index contributed by atoms with van der Waals surface area (Å²) in [4.78, 5) is 13.4. The van der Waals surface area contributed by atoms with Gasteiger partial charge in [0.05, 0.1) is 29.9 Å². The summed E-state index contributed by atoms with van der Waals surface area (Å²) >= 11 is 0. The summed E-state index contributed by atoms with van der Waals surface area (Å²) in [6, 6.07) is 15.9. The van der Waals surface area contributed by atoms with Crippen LogP contribution in [0.4, 0.5) is 5.69 Å². The second-order valence-corrected chi connectivity index (χ2v) is 8.07. The van der Waals surface area contributed by atoms with Gasteiger partial charge in [-0.25, -0.2) is 0 Å². The minimum absolute atomic E-state index is 0.0326.